The van der Waals surface area contributed by atoms with Crippen LogP contribution in [-0.2, 0) is 14.2 Å². The van der Waals surface area contributed by atoms with Gasteiger partial charge in [-0.1, -0.05) is 10.2 Å². The van der Waals surface area contributed by atoms with Crippen molar-refractivity contribution in [1.82, 2.24) is 0 Å². The quantitative estimate of drug-likeness (QED) is 0.155. The van der Waals surface area contributed by atoms with E-state index in [0.29, 0.717) is 0 Å². The zero-order chi connectivity index (χ0) is 20.1. The van der Waals surface area contributed by atoms with Gasteiger partial charge in [0.25, 0.3) is 0 Å². The number of hydrogen-bond acceptors (Lipinski definition) is 11. The number of ether oxygens (including phenoxy) is 3. The van der Waals surface area contributed by atoms with E-state index in [1.807, 2.05) is 0 Å². The summed E-state index contributed by atoms with van der Waals surface area (Å²) >= 11 is 0. The molecule has 2 rings (SSSR count). The molecular formula is C12H20N6O9. The third kappa shape index (κ3) is 4.76. The average Bonchev–Trinajstić information content (AvgIpc) is 2.66. The predicted molar refractivity (Wildman–Crippen MR) is 82.5 cm³/mol. The number of aliphatic hydroxyl groups excluding tert-OH is 6. The molecule has 15 heteroatoms. The van der Waals surface area contributed by atoms with Crippen molar-refractivity contribution in [2.24, 2.45) is 10.2 Å². The maximum absolute atomic E-state index is 10.0. The lowest BCUT2D eigenvalue weighted by Crippen LogP contribution is -2.63. The Balaban J connectivity index is 2.11. The van der Waals surface area contributed by atoms with Crippen molar-refractivity contribution in [3.63, 3.8) is 0 Å². The highest BCUT2D eigenvalue weighted by molar-refractivity contribution is 4.93. The maximum atomic E-state index is 10.0. The van der Waals surface area contributed by atoms with E-state index in [-0.39, 0.29) is 13.1 Å². The zero-order valence-electron chi connectivity index (χ0n) is 13.8. The number of nitrogens with zero attached hydrogens (tertiary/aromatic N) is 6. The summed E-state index contributed by atoms with van der Waals surface area (Å²) < 4.78 is 15.8. The summed E-state index contributed by atoms with van der Waals surface area (Å²) in [5.41, 5.74) is 16.7. The first-order valence-corrected chi connectivity index (χ1v) is 7.88. The van der Waals surface area contributed by atoms with Gasteiger partial charge in [0.15, 0.2) is 12.6 Å². The van der Waals surface area contributed by atoms with E-state index in [0.717, 1.165) is 0 Å². The van der Waals surface area contributed by atoms with E-state index in [1.165, 1.54) is 0 Å². The number of rotatable bonds is 6. The first-order valence-electron chi connectivity index (χ1n) is 7.88. The average molecular weight is 392 g/mol. The molecule has 2 aliphatic rings. The van der Waals surface area contributed by atoms with Gasteiger partial charge in [-0.2, -0.15) is 0 Å². The smallest absolute Gasteiger partial charge is 0.189 e. The molecule has 2 saturated heterocycles. The Morgan fingerprint density at radius 1 is 0.667 bits per heavy atom. The molecule has 0 unspecified atom stereocenters. The largest absolute Gasteiger partial charge is 0.388 e. The van der Waals surface area contributed by atoms with Crippen LogP contribution in [0.4, 0.5) is 0 Å². The Kier molecular flexibility index (Phi) is 7.55. The van der Waals surface area contributed by atoms with Crippen molar-refractivity contribution in [3.05, 3.63) is 20.9 Å². The van der Waals surface area contributed by atoms with Crippen molar-refractivity contribution in [3.8, 4) is 0 Å². The summed E-state index contributed by atoms with van der Waals surface area (Å²) in [7, 11) is 0. The summed E-state index contributed by atoms with van der Waals surface area (Å²) in [6, 6.07) is 0. The van der Waals surface area contributed by atoms with Crippen molar-refractivity contribution in [2.45, 2.75) is 61.4 Å². The van der Waals surface area contributed by atoms with Crippen LogP contribution in [0.1, 0.15) is 0 Å². The Morgan fingerprint density at radius 2 is 1.04 bits per heavy atom. The van der Waals surface area contributed by atoms with Crippen LogP contribution in [0.2, 0.25) is 0 Å². The molecule has 152 valence electrons. The highest BCUT2D eigenvalue weighted by Gasteiger charge is 2.49. The summed E-state index contributed by atoms with van der Waals surface area (Å²) in [4.78, 5) is 5.00. The fourth-order valence-electron chi connectivity index (χ4n) is 2.73. The lowest BCUT2D eigenvalue weighted by atomic mass is 9.97. The molecule has 0 saturated carbocycles. The zero-order valence-corrected chi connectivity index (χ0v) is 13.8. The van der Waals surface area contributed by atoms with Crippen LogP contribution in [0.5, 0.6) is 0 Å². The predicted octanol–water partition coefficient (Wildman–Crippen LogP) is -2.76. The molecule has 0 aromatic heterocycles. The van der Waals surface area contributed by atoms with E-state index >= 15 is 0 Å². The van der Waals surface area contributed by atoms with Crippen LogP contribution in [0, 0.1) is 0 Å². The van der Waals surface area contributed by atoms with E-state index in [2.05, 4.69) is 20.1 Å². The van der Waals surface area contributed by atoms with Gasteiger partial charge in [0.1, 0.15) is 36.6 Å². The third-order valence-electron chi connectivity index (χ3n) is 4.25. The van der Waals surface area contributed by atoms with E-state index in [4.69, 9.17) is 25.3 Å². The Bertz CT molecular complexity index is 550. The van der Waals surface area contributed by atoms with Crippen LogP contribution in [-0.4, -0.2) is 105 Å². The van der Waals surface area contributed by atoms with Crippen molar-refractivity contribution >= 4 is 0 Å². The molecule has 0 aromatic rings. The molecule has 2 aliphatic heterocycles. The van der Waals surface area contributed by atoms with Gasteiger partial charge in [-0.15, -0.1) is 0 Å². The highest BCUT2D eigenvalue weighted by atomic mass is 16.8. The summed E-state index contributed by atoms with van der Waals surface area (Å²) in [5, 5.41) is 66.0. The first kappa shape index (κ1) is 21.6. The molecule has 0 aliphatic carbocycles. The summed E-state index contributed by atoms with van der Waals surface area (Å²) in [6.45, 7) is -0.757. The molecule has 0 bridgehead atoms. The van der Waals surface area contributed by atoms with E-state index in [9.17, 15) is 30.6 Å². The van der Waals surface area contributed by atoms with Gasteiger partial charge in [0.05, 0.1) is 25.3 Å². The lowest BCUT2D eigenvalue weighted by Gasteiger charge is -2.44. The molecule has 0 spiro atoms. The van der Waals surface area contributed by atoms with Gasteiger partial charge < -0.3 is 44.8 Å². The van der Waals surface area contributed by atoms with Crippen LogP contribution < -0.4 is 0 Å². The van der Waals surface area contributed by atoms with Crippen LogP contribution in [0.3, 0.4) is 0 Å². The molecule has 10 atom stereocenters. The van der Waals surface area contributed by atoms with Gasteiger partial charge in [0, 0.05) is 9.82 Å². The minimum atomic E-state index is -1.77. The van der Waals surface area contributed by atoms with Crippen LogP contribution >= 0.6 is 0 Å². The second-order valence-corrected chi connectivity index (χ2v) is 5.99. The van der Waals surface area contributed by atoms with E-state index < -0.39 is 61.4 Å². The molecular weight excluding hydrogens is 372 g/mol. The molecule has 2 fully saturated rings. The highest BCUT2D eigenvalue weighted by Crippen LogP contribution is 2.28. The Hall–Kier alpha value is -1.74. The third-order valence-corrected chi connectivity index (χ3v) is 4.25. The minimum Gasteiger partial charge on any atom is -0.388 e. The first-order chi connectivity index (χ1) is 12.8. The van der Waals surface area contributed by atoms with Gasteiger partial charge in [-0.3, -0.25) is 0 Å². The fourth-order valence-corrected chi connectivity index (χ4v) is 2.73. The SMILES string of the molecule is [N-]=[N+]=NC[C@H]1O[C@H](O[C@H]2O[C@H](CN=[N+]=[N-])[C@@H](O)[C@H](O)[C@H]2O)[C@H](O)[C@@H](O)[C@@H]1O. The van der Waals surface area contributed by atoms with E-state index in [1.54, 1.807) is 0 Å². The number of azide groups is 2. The van der Waals surface area contributed by atoms with Gasteiger partial charge >= 0.3 is 0 Å². The summed E-state index contributed by atoms with van der Waals surface area (Å²) in [6.07, 6.45) is -15.8. The maximum Gasteiger partial charge on any atom is 0.189 e. The normalized spacial score (nSPS) is 44.8. The Morgan fingerprint density at radius 3 is 1.37 bits per heavy atom. The minimum absolute atomic E-state index is 0.379. The van der Waals surface area contributed by atoms with Crippen molar-refractivity contribution in [2.75, 3.05) is 13.1 Å². The molecule has 0 amide bonds. The second-order valence-electron chi connectivity index (χ2n) is 5.99. The molecule has 6 N–H and O–H groups in total. The molecule has 0 aromatic carbocycles. The molecule has 15 nitrogen and oxygen atoms in total. The number of aliphatic hydroxyl groups is 6. The fraction of sp³-hybridized carbons (Fsp3) is 1.00. The second kappa shape index (κ2) is 9.45. The number of hydrogen-bond donors (Lipinski definition) is 6. The van der Waals surface area contributed by atoms with Crippen LogP contribution in [0.25, 0.3) is 20.9 Å². The Labute approximate surface area is 151 Å². The monoisotopic (exact) mass is 392 g/mol. The standard InChI is InChI=1S/C12H20N6O9/c13-17-15-1-3-5(19)7(21)9(23)11(25-3)27-12-10(24)8(22)6(20)4(26-12)2-16-18-14/h3-12,19-24H,1-2H2/t3-,4-,5-,6-,7+,8+,9-,10-,11-,12-/m1/s1. The summed E-state index contributed by atoms with van der Waals surface area (Å²) in [5.74, 6) is 0. The van der Waals surface area contributed by atoms with Gasteiger partial charge in [-0.25, -0.2) is 0 Å². The van der Waals surface area contributed by atoms with Gasteiger partial charge in [0.2, 0.25) is 0 Å². The topological polar surface area (TPSA) is 247 Å². The van der Waals surface area contributed by atoms with Crippen LogP contribution in [0.15, 0.2) is 10.2 Å². The van der Waals surface area contributed by atoms with Crippen molar-refractivity contribution in [1.29, 1.82) is 0 Å². The molecule has 0 radical (unpaired) electrons. The van der Waals surface area contributed by atoms with Crippen molar-refractivity contribution < 1.29 is 44.8 Å². The van der Waals surface area contributed by atoms with Gasteiger partial charge in [-0.05, 0) is 11.1 Å². The molecule has 2 heterocycles. The molecule has 27 heavy (non-hydrogen) atoms. The lowest BCUT2D eigenvalue weighted by molar-refractivity contribution is -0.371.